The summed E-state index contributed by atoms with van der Waals surface area (Å²) in [5.74, 6) is -1.45. The Bertz CT molecular complexity index is 709. The maximum absolute atomic E-state index is 13.1. The Morgan fingerprint density at radius 2 is 1.68 bits per heavy atom. The third-order valence-corrected chi connectivity index (χ3v) is 4.48. The van der Waals surface area contributed by atoms with Crippen LogP contribution in [0, 0.1) is 18.6 Å². The molecule has 0 aromatic heterocycles. The topological polar surface area (TPSA) is 34.1 Å². The van der Waals surface area contributed by atoms with E-state index < -0.39 is 21.5 Å². The summed E-state index contributed by atoms with van der Waals surface area (Å²) < 4.78 is 50.4. The van der Waals surface area contributed by atoms with E-state index in [2.05, 4.69) is 0 Å². The average Bonchev–Trinajstić information content (AvgIpc) is 2.33. The normalized spacial score (nSPS) is 11.5. The van der Waals surface area contributed by atoms with Crippen molar-refractivity contribution in [2.24, 2.45) is 0 Å². The molecule has 2 nitrogen and oxygen atoms in total. The van der Waals surface area contributed by atoms with Crippen LogP contribution < -0.4 is 0 Å². The van der Waals surface area contributed by atoms with Gasteiger partial charge in [-0.2, -0.15) is 0 Å². The third-order valence-electron chi connectivity index (χ3n) is 2.81. The summed E-state index contributed by atoms with van der Waals surface area (Å²) >= 11 is 0. The molecule has 2 aromatic rings. The number of sulfone groups is 1. The molecule has 2 aromatic carbocycles. The van der Waals surface area contributed by atoms with Gasteiger partial charge >= 0.3 is 0 Å². The summed E-state index contributed by atoms with van der Waals surface area (Å²) in [5.41, 5.74) is 1.06. The standard InChI is InChI=1S/C14H12F2O2S/c1-10-5-6-13(16)7-11(10)9-19(17,18)14-4-2-3-12(15)8-14/h2-8H,9H2,1H3. The van der Waals surface area contributed by atoms with E-state index in [9.17, 15) is 17.2 Å². The molecular weight excluding hydrogens is 270 g/mol. The van der Waals surface area contributed by atoms with E-state index in [1.807, 2.05) is 0 Å². The Hall–Kier alpha value is -1.75. The number of hydrogen-bond acceptors (Lipinski definition) is 2. The van der Waals surface area contributed by atoms with Gasteiger partial charge < -0.3 is 0 Å². The monoisotopic (exact) mass is 282 g/mol. The number of halogens is 2. The lowest BCUT2D eigenvalue weighted by atomic mass is 10.1. The molecule has 5 heteroatoms. The first-order chi connectivity index (χ1) is 8.88. The van der Waals surface area contributed by atoms with E-state index in [-0.39, 0.29) is 10.6 Å². The molecule has 0 spiro atoms. The van der Waals surface area contributed by atoms with Gasteiger partial charge in [-0.3, -0.25) is 0 Å². The lowest BCUT2D eigenvalue weighted by Crippen LogP contribution is -2.06. The van der Waals surface area contributed by atoms with Gasteiger partial charge in [0.15, 0.2) is 9.84 Å². The van der Waals surface area contributed by atoms with Crippen molar-refractivity contribution >= 4 is 9.84 Å². The van der Waals surface area contributed by atoms with E-state index in [1.54, 1.807) is 6.92 Å². The smallest absolute Gasteiger partial charge is 0.182 e. The second kappa shape index (κ2) is 5.09. The van der Waals surface area contributed by atoms with Crippen LogP contribution in [-0.2, 0) is 15.6 Å². The second-order valence-electron chi connectivity index (χ2n) is 4.29. The highest BCUT2D eigenvalue weighted by Gasteiger charge is 2.17. The molecule has 0 aliphatic carbocycles. The predicted molar refractivity (Wildman–Crippen MR) is 68.4 cm³/mol. The Morgan fingerprint density at radius 3 is 2.37 bits per heavy atom. The van der Waals surface area contributed by atoms with Gasteiger partial charge in [-0.25, -0.2) is 17.2 Å². The minimum absolute atomic E-state index is 0.101. The van der Waals surface area contributed by atoms with Gasteiger partial charge in [0, 0.05) is 0 Å². The van der Waals surface area contributed by atoms with Gasteiger partial charge in [0.1, 0.15) is 11.6 Å². The van der Waals surface area contributed by atoms with Gasteiger partial charge in [-0.05, 0) is 48.4 Å². The van der Waals surface area contributed by atoms with Crippen LogP contribution in [0.4, 0.5) is 8.78 Å². The van der Waals surface area contributed by atoms with Gasteiger partial charge in [0.05, 0.1) is 10.6 Å². The van der Waals surface area contributed by atoms with Crippen molar-refractivity contribution in [3.63, 3.8) is 0 Å². The summed E-state index contributed by atoms with van der Waals surface area (Å²) in [5, 5.41) is 0. The Balaban J connectivity index is 2.39. The highest BCUT2D eigenvalue weighted by Crippen LogP contribution is 2.20. The Kier molecular flexibility index (Phi) is 3.66. The third kappa shape index (κ3) is 3.17. The number of hydrogen-bond donors (Lipinski definition) is 0. The molecule has 0 heterocycles. The summed E-state index contributed by atoms with van der Waals surface area (Å²) in [4.78, 5) is -0.101. The second-order valence-corrected chi connectivity index (χ2v) is 6.28. The molecule has 0 saturated carbocycles. The summed E-state index contributed by atoms with van der Waals surface area (Å²) in [6, 6.07) is 8.77. The molecule has 0 fully saturated rings. The molecule has 0 saturated heterocycles. The molecule has 0 aliphatic rings. The molecule has 0 atom stereocenters. The van der Waals surface area contributed by atoms with Crippen LogP contribution in [0.1, 0.15) is 11.1 Å². The first-order valence-electron chi connectivity index (χ1n) is 5.62. The fourth-order valence-electron chi connectivity index (χ4n) is 1.74. The summed E-state index contributed by atoms with van der Waals surface area (Å²) in [6.07, 6.45) is 0. The van der Waals surface area contributed by atoms with Crippen LogP contribution in [0.5, 0.6) is 0 Å². The van der Waals surface area contributed by atoms with Crippen molar-refractivity contribution < 1.29 is 17.2 Å². The molecule has 2 rings (SSSR count). The van der Waals surface area contributed by atoms with Crippen molar-refractivity contribution in [2.75, 3.05) is 0 Å². The molecule has 0 bridgehead atoms. The zero-order valence-corrected chi connectivity index (χ0v) is 11.0. The largest absolute Gasteiger partial charge is 0.223 e. The maximum Gasteiger partial charge on any atom is 0.182 e. The minimum Gasteiger partial charge on any atom is -0.223 e. The molecule has 0 radical (unpaired) electrons. The molecular formula is C14H12F2O2S. The van der Waals surface area contributed by atoms with Crippen molar-refractivity contribution in [2.45, 2.75) is 17.6 Å². The Morgan fingerprint density at radius 1 is 1.00 bits per heavy atom. The van der Waals surface area contributed by atoms with Gasteiger partial charge in [0.25, 0.3) is 0 Å². The van der Waals surface area contributed by atoms with Gasteiger partial charge in [-0.15, -0.1) is 0 Å². The molecule has 0 unspecified atom stereocenters. The van der Waals surface area contributed by atoms with Crippen molar-refractivity contribution in [3.05, 3.63) is 65.2 Å². The zero-order chi connectivity index (χ0) is 14.0. The van der Waals surface area contributed by atoms with E-state index in [1.165, 1.54) is 36.4 Å². The van der Waals surface area contributed by atoms with Crippen molar-refractivity contribution in [1.29, 1.82) is 0 Å². The molecule has 0 amide bonds. The van der Waals surface area contributed by atoms with E-state index in [4.69, 9.17) is 0 Å². The van der Waals surface area contributed by atoms with Crippen molar-refractivity contribution in [3.8, 4) is 0 Å². The molecule has 100 valence electrons. The fraction of sp³-hybridized carbons (Fsp3) is 0.143. The van der Waals surface area contributed by atoms with E-state index in [0.29, 0.717) is 11.1 Å². The van der Waals surface area contributed by atoms with Crippen LogP contribution in [0.15, 0.2) is 47.4 Å². The van der Waals surface area contributed by atoms with Crippen LogP contribution in [0.3, 0.4) is 0 Å². The number of benzene rings is 2. The predicted octanol–water partition coefficient (Wildman–Crippen LogP) is 3.25. The quantitative estimate of drug-likeness (QED) is 0.866. The molecule has 0 aliphatic heterocycles. The van der Waals surface area contributed by atoms with Gasteiger partial charge in [0.2, 0.25) is 0 Å². The van der Waals surface area contributed by atoms with E-state index in [0.717, 1.165) is 6.07 Å². The first-order valence-corrected chi connectivity index (χ1v) is 7.27. The van der Waals surface area contributed by atoms with Crippen LogP contribution in [-0.4, -0.2) is 8.42 Å². The highest BCUT2D eigenvalue weighted by molar-refractivity contribution is 7.90. The number of rotatable bonds is 3. The lowest BCUT2D eigenvalue weighted by Gasteiger charge is -2.07. The summed E-state index contributed by atoms with van der Waals surface area (Å²) in [6.45, 7) is 1.70. The van der Waals surface area contributed by atoms with E-state index >= 15 is 0 Å². The SMILES string of the molecule is Cc1ccc(F)cc1CS(=O)(=O)c1cccc(F)c1. The van der Waals surface area contributed by atoms with Gasteiger partial charge in [-0.1, -0.05) is 12.1 Å². The first kappa shape index (κ1) is 13.7. The molecule has 0 N–H and O–H groups in total. The minimum atomic E-state index is -3.68. The zero-order valence-electron chi connectivity index (χ0n) is 10.2. The van der Waals surface area contributed by atoms with Crippen molar-refractivity contribution in [1.82, 2.24) is 0 Å². The summed E-state index contributed by atoms with van der Waals surface area (Å²) in [7, 11) is -3.68. The lowest BCUT2D eigenvalue weighted by molar-refractivity contribution is 0.589. The molecule has 19 heavy (non-hydrogen) atoms. The number of aryl methyl sites for hydroxylation is 1. The van der Waals surface area contributed by atoms with Crippen LogP contribution in [0.25, 0.3) is 0 Å². The fourth-order valence-corrected chi connectivity index (χ4v) is 3.21. The van der Waals surface area contributed by atoms with Crippen LogP contribution >= 0.6 is 0 Å². The average molecular weight is 282 g/mol. The maximum atomic E-state index is 13.1. The Labute approximate surface area is 110 Å². The highest BCUT2D eigenvalue weighted by atomic mass is 32.2. The van der Waals surface area contributed by atoms with Crippen LogP contribution in [0.2, 0.25) is 0 Å².